The zero-order chi connectivity index (χ0) is 11.6. The highest BCUT2D eigenvalue weighted by molar-refractivity contribution is 5.88. The number of carboxylic acids is 1. The number of hydrogen-bond acceptors (Lipinski definition) is 3. The van der Waals surface area contributed by atoms with E-state index in [-0.39, 0.29) is 11.1 Å². The molecule has 1 heterocycles. The summed E-state index contributed by atoms with van der Waals surface area (Å²) in [5.41, 5.74) is 0.400. The first kappa shape index (κ1) is 11.2. The Balaban J connectivity index is 1.99. The molecular formula is C12H17NO3. The fraction of sp³-hybridized carbons (Fsp3) is 0.583. The van der Waals surface area contributed by atoms with E-state index in [0.717, 1.165) is 12.8 Å². The number of furan rings is 1. The van der Waals surface area contributed by atoms with Crippen molar-refractivity contribution in [2.24, 2.45) is 0 Å². The lowest BCUT2D eigenvalue weighted by molar-refractivity contribution is 0.0694. The third-order valence-electron chi connectivity index (χ3n) is 3.36. The largest absolute Gasteiger partial charge is 0.478 e. The highest BCUT2D eigenvalue weighted by Gasteiger charge is 2.28. The number of nitrogens with one attached hydrogen (secondary N) is 1. The Morgan fingerprint density at radius 2 is 2.25 bits per heavy atom. The predicted molar refractivity (Wildman–Crippen MR) is 59.4 cm³/mol. The van der Waals surface area contributed by atoms with Crippen molar-refractivity contribution in [1.29, 1.82) is 0 Å². The molecule has 0 saturated heterocycles. The van der Waals surface area contributed by atoms with Crippen LogP contribution in [0.2, 0.25) is 0 Å². The van der Waals surface area contributed by atoms with Crippen LogP contribution in [0.25, 0.3) is 0 Å². The van der Waals surface area contributed by atoms with Crippen molar-refractivity contribution in [2.75, 3.05) is 0 Å². The fourth-order valence-corrected chi connectivity index (χ4v) is 2.29. The Kier molecular flexibility index (Phi) is 3.01. The smallest absolute Gasteiger partial charge is 0.339 e. The summed E-state index contributed by atoms with van der Waals surface area (Å²) in [6, 6.07) is 1.50. The molecule has 4 heteroatoms. The monoisotopic (exact) mass is 223 g/mol. The highest BCUT2D eigenvalue weighted by Crippen LogP contribution is 2.29. The maximum atomic E-state index is 10.9. The minimum atomic E-state index is -0.929. The Morgan fingerprint density at radius 1 is 1.56 bits per heavy atom. The number of hydrogen-bond donors (Lipinski definition) is 2. The number of carbonyl (C=O) groups is 1. The molecule has 1 aliphatic carbocycles. The summed E-state index contributed by atoms with van der Waals surface area (Å²) in [4.78, 5) is 10.9. The zero-order valence-electron chi connectivity index (χ0n) is 9.45. The normalized spacial score (nSPS) is 18.8. The van der Waals surface area contributed by atoms with Gasteiger partial charge in [-0.3, -0.25) is 0 Å². The highest BCUT2D eigenvalue weighted by atomic mass is 16.4. The molecule has 0 aliphatic heterocycles. The van der Waals surface area contributed by atoms with Crippen LogP contribution in [0.1, 0.15) is 48.7 Å². The van der Waals surface area contributed by atoms with Gasteiger partial charge < -0.3 is 14.8 Å². The van der Waals surface area contributed by atoms with Crippen LogP contribution in [0, 0.1) is 0 Å². The third kappa shape index (κ3) is 2.27. The second-order valence-corrected chi connectivity index (χ2v) is 4.68. The van der Waals surface area contributed by atoms with Gasteiger partial charge in [0.15, 0.2) is 0 Å². The van der Waals surface area contributed by atoms with Gasteiger partial charge in [-0.15, -0.1) is 0 Å². The van der Waals surface area contributed by atoms with Crippen molar-refractivity contribution in [3.05, 3.63) is 23.7 Å². The van der Waals surface area contributed by atoms with Crippen LogP contribution in [0.15, 0.2) is 16.7 Å². The van der Waals surface area contributed by atoms with E-state index in [2.05, 4.69) is 12.2 Å². The van der Waals surface area contributed by atoms with Gasteiger partial charge in [0.1, 0.15) is 11.3 Å². The van der Waals surface area contributed by atoms with Crippen LogP contribution < -0.4 is 5.32 Å². The van der Waals surface area contributed by atoms with Crippen LogP contribution in [-0.4, -0.2) is 16.6 Å². The average molecular weight is 223 g/mol. The Labute approximate surface area is 94.6 Å². The van der Waals surface area contributed by atoms with Gasteiger partial charge in [0, 0.05) is 5.54 Å². The van der Waals surface area contributed by atoms with E-state index in [4.69, 9.17) is 9.52 Å². The molecule has 0 atom stereocenters. The van der Waals surface area contributed by atoms with E-state index in [9.17, 15) is 4.79 Å². The minimum absolute atomic E-state index is 0.141. The van der Waals surface area contributed by atoms with E-state index in [1.807, 2.05) is 0 Å². The van der Waals surface area contributed by atoms with Crippen molar-refractivity contribution in [2.45, 2.75) is 44.7 Å². The molecule has 0 unspecified atom stereocenters. The number of rotatable bonds is 4. The molecule has 2 rings (SSSR count). The van der Waals surface area contributed by atoms with Gasteiger partial charge in [-0.25, -0.2) is 4.79 Å². The van der Waals surface area contributed by atoms with Gasteiger partial charge in [-0.2, -0.15) is 0 Å². The average Bonchev–Trinajstić information content (AvgIpc) is 2.83. The van der Waals surface area contributed by atoms with E-state index in [1.165, 1.54) is 25.2 Å². The fourth-order valence-electron chi connectivity index (χ4n) is 2.29. The summed E-state index contributed by atoms with van der Waals surface area (Å²) in [5, 5.41) is 12.3. The molecule has 16 heavy (non-hydrogen) atoms. The molecular weight excluding hydrogens is 206 g/mol. The van der Waals surface area contributed by atoms with Gasteiger partial charge in [0.2, 0.25) is 0 Å². The molecule has 0 amide bonds. The minimum Gasteiger partial charge on any atom is -0.478 e. The molecule has 88 valence electrons. The molecule has 0 aromatic carbocycles. The topological polar surface area (TPSA) is 62.5 Å². The lowest BCUT2D eigenvalue weighted by atomic mass is 10.0. The van der Waals surface area contributed by atoms with Crippen molar-refractivity contribution in [3.8, 4) is 0 Å². The summed E-state index contributed by atoms with van der Waals surface area (Å²) in [6.07, 6.45) is 6.21. The first-order valence-electron chi connectivity index (χ1n) is 5.65. The zero-order valence-corrected chi connectivity index (χ0v) is 9.45. The standard InChI is InChI=1S/C12H17NO3/c1-12(5-2-3-6-12)13-8-10-9(11(14)15)4-7-16-10/h4,7,13H,2-3,5-6,8H2,1H3,(H,14,15). The summed E-state index contributed by atoms with van der Waals surface area (Å²) in [7, 11) is 0. The van der Waals surface area contributed by atoms with Gasteiger partial charge in [0.25, 0.3) is 0 Å². The third-order valence-corrected chi connectivity index (χ3v) is 3.36. The van der Waals surface area contributed by atoms with E-state index in [0.29, 0.717) is 12.3 Å². The summed E-state index contributed by atoms with van der Waals surface area (Å²) >= 11 is 0. The Morgan fingerprint density at radius 3 is 2.88 bits per heavy atom. The number of carboxylic acid groups (broad SMARTS) is 1. The second-order valence-electron chi connectivity index (χ2n) is 4.68. The lowest BCUT2D eigenvalue weighted by Crippen LogP contribution is -2.38. The molecule has 0 radical (unpaired) electrons. The summed E-state index contributed by atoms with van der Waals surface area (Å²) in [5.74, 6) is -0.414. The molecule has 1 aromatic heterocycles. The van der Waals surface area contributed by atoms with Crippen LogP contribution in [0.3, 0.4) is 0 Å². The first-order valence-corrected chi connectivity index (χ1v) is 5.65. The molecule has 2 N–H and O–H groups in total. The van der Waals surface area contributed by atoms with Crippen LogP contribution in [0.5, 0.6) is 0 Å². The van der Waals surface area contributed by atoms with Gasteiger partial charge in [0.05, 0.1) is 12.8 Å². The Bertz CT molecular complexity index is 377. The Hall–Kier alpha value is -1.29. The summed E-state index contributed by atoms with van der Waals surface area (Å²) < 4.78 is 5.19. The van der Waals surface area contributed by atoms with Crippen molar-refractivity contribution < 1.29 is 14.3 Å². The quantitative estimate of drug-likeness (QED) is 0.822. The van der Waals surface area contributed by atoms with E-state index < -0.39 is 5.97 Å². The molecule has 4 nitrogen and oxygen atoms in total. The van der Waals surface area contributed by atoms with Crippen molar-refractivity contribution in [3.63, 3.8) is 0 Å². The lowest BCUT2D eigenvalue weighted by Gasteiger charge is -2.24. The van der Waals surface area contributed by atoms with Crippen LogP contribution >= 0.6 is 0 Å². The van der Waals surface area contributed by atoms with Crippen LogP contribution in [-0.2, 0) is 6.54 Å². The molecule has 1 aliphatic rings. The second kappa shape index (κ2) is 4.29. The van der Waals surface area contributed by atoms with E-state index >= 15 is 0 Å². The maximum absolute atomic E-state index is 10.9. The van der Waals surface area contributed by atoms with Gasteiger partial charge >= 0.3 is 5.97 Å². The van der Waals surface area contributed by atoms with Gasteiger partial charge in [-0.05, 0) is 25.8 Å². The molecule has 0 spiro atoms. The summed E-state index contributed by atoms with van der Waals surface area (Å²) in [6.45, 7) is 2.68. The molecule has 1 fully saturated rings. The maximum Gasteiger partial charge on any atom is 0.339 e. The first-order chi connectivity index (χ1) is 7.61. The molecule has 0 bridgehead atoms. The van der Waals surface area contributed by atoms with E-state index in [1.54, 1.807) is 0 Å². The molecule has 1 aromatic rings. The SMILES string of the molecule is CC1(NCc2occc2C(=O)O)CCCC1. The number of aromatic carboxylic acids is 1. The van der Waals surface area contributed by atoms with Gasteiger partial charge in [-0.1, -0.05) is 12.8 Å². The van der Waals surface area contributed by atoms with Crippen molar-refractivity contribution in [1.82, 2.24) is 5.32 Å². The van der Waals surface area contributed by atoms with Crippen LogP contribution in [0.4, 0.5) is 0 Å². The molecule has 1 saturated carbocycles. The predicted octanol–water partition coefficient (Wildman–Crippen LogP) is 2.40. The van der Waals surface area contributed by atoms with Crippen molar-refractivity contribution >= 4 is 5.97 Å².